The zero-order valence-electron chi connectivity index (χ0n) is 13.2. The number of carbonyl (C=O) groups excluding carboxylic acids is 1. The molecule has 0 spiro atoms. The molecule has 2 rings (SSSR count). The summed E-state index contributed by atoms with van der Waals surface area (Å²) in [6, 6.07) is 9.54. The van der Waals surface area contributed by atoms with Crippen LogP contribution < -0.4 is 10.6 Å². The molecule has 0 saturated carbocycles. The zero-order chi connectivity index (χ0) is 17.0. The normalized spacial score (nSPS) is 10.0. The first-order valence-electron chi connectivity index (χ1n) is 7.09. The fourth-order valence-electron chi connectivity index (χ4n) is 2.25. The molecule has 0 aliphatic rings. The Balaban J connectivity index is 2.07. The summed E-state index contributed by atoms with van der Waals surface area (Å²) in [5, 5.41) is 15.1. The smallest absolute Gasteiger partial charge is 0.243 e. The van der Waals surface area contributed by atoms with Crippen molar-refractivity contribution in [1.82, 2.24) is 4.98 Å². The van der Waals surface area contributed by atoms with Gasteiger partial charge in [0.05, 0.1) is 23.5 Å². The van der Waals surface area contributed by atoms with Gasteiger partial charge in [0.1, 0.15) is 6.07 Å². The monoisotopic (exact) mass is 372 g/mol. The van der Waals surface area contributed by atoms with E-state index in [4.69, 9.17) is 0 Å². The van der Waals surface area contributed by atoms with Crippen LogP contribution in [0, 0.1) is 32.1 Å². The molecule has 118 valence electrons. The molecule has 0 atom stereocenters. The predicted molar refractivity (Wildman–Crippen MR) is 94.4 cm³/mol. The summed E-state index contributed by atoms with van der Waals surface area (Å²) in [6.07, 6.45) is 0. The van der Waals surface area contributed by atoms with Crippen molar-refractivity contribution < 1.29 is 4.79 Å². The number of nitriles is 1. The summed E-state index contributed by atoms with van der Waals surface area (Å²) >= 11 is 3.39. The Morgan fingerprint density at radius 3 is 2.65 bits per heavy atom. The van der Waals surface area contributed by atoms with Crippen LogP contribution in [-0.4, -0.2) is 17.4 Å². The van der Waals surface area contributed by atoms with Crippen LogP contribution in [0.2, 0.25) is 0 Å². The molecular formula is C17H17BrN4O. The van der Waals surface area contributed by atoms with E-state index in [1.807, 2.05) is 32.0 Å². The number of halogens is 1. The standard InChI is InChI=1S/C17H17BrN4O/c1-10-6-13(18)4-5-15(10)22-17(23)9-20-16-7-11(2)21-12(3)14(16)8-19/h4-7H,9H2,1-3H3,(H,20,21)(H,22,23). The maximum Gasteiger partial charge on any atom is 0.243 e. The van der Waals surface area contributed by atoms with Gasteiger partial charge in [-0.25, -0.2) is 0 Å². The number of hydrogen-bond acceptors (Lipinski definition) is 4. The van der Waals surface area contributed by atoms with E-state index in [-0.39, 0.29) is 12.5 Å². The van der Waals surface area contributed by atoms with E-state index in [1.54, 1.807) is 13.0 Å². The molecule has 0 fully saturated rings. The second-order valence-corrected chi connectivity index (χ2v) is 6.16. The number of aromatic nitrogens is 1. The Labute approximate surface area is 143 Å². The third-order valence-corrected chi connectivity index (χ3v) is 3.84. The van der Waals surface area contributed by atoms with E-state index >= 15 is 0 Å². The number of rotatable bonds is 4. The Kier molecular flexibility index (Phi) is 5.35. The molecule has 0 aliphatic heterocycles. The summed E-state index contributed by atoms with van der Waals surface area (Å²) in [6.45, 7) is 5.64. The van der Waals surface area contributed by atoms with Crippen LogP contribution in [0.3, 0.4) is 0 Å². The third-order valence-electron chi connectivity index (χ3n) is 3.34. The number of carbonyl (C=O) groups is 1. The van der Waals surface area contributed by atoms with Gasteiger partial charge >= 0.3 is 0 Å². The lowest BCUT2D eigenvalue weighted by Crippen LogP contribution is -2.22. The van der Waals surface area contributed by atoms with Gasteiger partial charge in [-0.15, -0.1) is 0 Å². The number of benzene rings is 1. The lowest BCUT2D eigenvalue weighted by molar-refractivity contribution is -0.114. The van der Waals surface area contributed by atoms with Crippen LogP contribution in [0.4, 0.5) is 11.4 Å². The molecule has 1 aromatic carbocycles. The molecule has 2 N–H and O–H groups in total. The summed E-state index contributed by atoms with van der Waals surface area (Å²) in [4.78, 5) is 16.4. The van der Waals surface area contributed by atoms with Crippen LogP contribution in [0.1, 0.15) is 22.5 Å². The number of hydrogen-bond donors (Lipinski definition) is 2. The minimum Gasteiger partial charge on any atom is -0.375 e. The molecule has 23 heavy (non-hydrogen) atoms. The van der Waals surface area contributed by atoms with Crippen molar-refractivity contribution in [3.63, 3.8) is 0 Å². The van der Waals surface area contributed by atoms with E-state index in [0.717, 1.165) is 21.4 Å². The van der Waals surface area contributed by atoms with E-state index in [0.29, 0.717) is 16.9 Å². The molecule has 1 amide bonds. The summed E-state index contributed by atoms with van der Waals surface area (Å²) < 4.78 is 0.965. The van der Waals surface area contributed by atoms with Gasteiger partial charge in [0.2, 0.25) is 5.91 Å². The van der Waals surface area contributed by atoms with E-state index in [2.05, 4.69) is 37.6 Å². The predicted octanol–water partition coefficient (Wildman–Crippen LogP) is 3.69. The molecule has 2 aromatic rings. The van der Waals surface area contributed by atoms with Crippen molar-refractivity contribution in [3.05, 3.63) is 51.3 Å². The molecule has 1 heterocycles. The minimum atomic E-state index is -0.175. The van der Waals surface area contributed by atoms with Crippen molar-refractivity contribution in [2.45, 2.75) is 20.8 Å². The van der Waals surface area contributed by atoms with Gasteiger partial charge in [0, 0.05) is 15.9 Å². The second kappa shape index (κ2) is 7.25. The first-order valence-corrected chi connectivity index (χ1v) is 7.88. The molecule has 0 radical (unpaired) electrons. The summed E-state index contributed by atoms with van der Waals surface area (Å²) in [7, 11) is 0. The lowest BCUT2D eigenvalue weighted by atomic mass is 10.1. The summed E-state index contributed by atoms with van der Waals surface area (Å²) in [5.41, 5.74) is 4.28. The van der Waals surface area contributed by atoms with Gasteiger partial charge < -0.3 is 10.6 Å². The number of nitrogens with zero attached hydrogens (tertiary/aromatic N) is 2. The number of nitrogens with one attached hydrogen (secondary N) is 2. The topological polar surface area (TPSA) is 77.8 Å². The summed E-state index contributed by atoms with van der Waals surface area (Å²) in [5.74, 6) is -0.175. The van der Waals surface area contributed by atoms with Crippen LogP contribution in [-0.2, 0) is 4.79 Å². The van der Waals surface area contributed by atoms with Crippen LogP contribution in [0.5, 0.6) is 0 Å². The number of aryl methyl sites for hydroxylation is 3. The maximum atomic E-state index is 12.1. The zero-order valence-corrected chi connectivity index (χ0v) is 14.8. The number of anilines is 2. The molecule has 6 heteroatoms. The van der Waals surface area contributed by atoms with Gasteiger partial charge in [0.25, 0.3) is 0 Å². The molecular weight excluding hydrogens is 356 g/mol. The highest BCUT2D eigenvalue weighted by Crippen LogP contribution is 2.21. The molecule has 1 aromatic heterocycles. The fourth-order valence-corrected chi connectivity index (χ4v) is 2.72. The van der Waals surface area contributed by atoms with Crippen molar-refractivity contribution in [2.24, 2.45) is 0 Å². The van der Waals surface area contributed by atoms with Crippen LogP contribution in [0.15, 0.2) is 28.7 Å². The van der Waals surface area contributed by atoms with Crippen molar-refractivity contribution in [2.75, 3.05) is 17.2 Å². The minimum absolute atomic E-state index is 0.0765. The van der Waals surface area contributed by atoms with Gasteiger partial charge in [-0.2, -0.15) is 5.26 Å². The van der Waals surface area contributed by atoms with E-state index < -0.39 is 0 Å². The number of amides is 1. The maximum absolute atomic E-state index is 12.1. The van der Waals surface area contributed by atoms with E-state index in [1.165, 1.54) is 0 Å². The average Bonchev–Trinajstić information content (AvgIpc) is 2.47. The molecule has 0 saturated heterocycles. The lowest BCUT2D eigenvalue weighted by Gasteiger charge is -2.12. The van der Waals surface area contributed by atoms with Crippen molar-refractivity contribution >= 4 is 33.2 Å². The van der Waals surface area contributed by atoms with Gasteiger partial charge in [0.15, 0.2) is 0 Å². The molecule has 0 unspecified atom stereocenters. The average molecular weight is 373 g/mol. The molecule has 0 aliphatic carbocycles. The Morgan fingerprint density at radius 1 is 1.26 bits per heavy atom. The Morgan fingerprint density at radius 2 is 2.00 bits per heavy atom. The Hall–Kier alpha value is -2.39. The van der Waals surface area contributed by atoms with Gasteiger partial charge in [-0.3, -0.25) is 9.78 Å². The highest BCUT2D eigenvalue weighted by atomic mass is 79.9. The highest BCUT2D eigenvalue weighted by molar-refractivity contribution is 9.10. The Bertz CT molecular complexity index is 796. The largest absolute Gasteiger partial charge is 0.375 e. The van der Waals surface area contributed by atoms with Crippen LogP contribution in [0.25, 0.3) is 0 Å². The van der Waals surface area contributed by atoms with Crippen molar-refractivity contribution in [3.8, 4) is 6.07 Å². The quantitative estimate of drug-likeness (QED) is 0.857. The van der Waals surface area contributed by atoms with Crippen LogP contribution >= 0.6 is 15.9 Å². The fraction of sp³-hybridized carbons (Fsp3) is 0.235. The number of pyridine rings is 1. The van der Waals surface area contributed by atoms with Crippen molar-refractivity contribution in [1.29, 1.82) is 5.26 Å². The third kappa shape index (κ3) is 4.30. The highest BCUT2D eigenvalue weighted by Gasteiger charge is 2.10. The molecule has 5 nitrogen and oxygen atoms in total. The first kappa shape index (κ1) is 17.0. The molecule has 0 bridgehead atoms. The SMILES string of the molecule is Cc1cc(NCC(=O)Nc2ccc(Br)cc2C)c(C#N)c(C)n1. The van der Waals surface area contributed by atoms with Gasteiger partial charge in [-0.05, 0) is 50.6 Å². The van der Waals surface area contributed by atoms with E-state index in [9.17, 15) is 10.1 Å². The first-order chi connectivity index (χ1) is 10.9. The van der Waals surface area contributed by atoms with Gasteiger partial charge in [-0.1, -0.05) is 15.9 Å². The second-order valence-electron chi connectivity index (χ2n) is 5.24.